The van der Waals surface area contributed by atoms with Gasteiger partial charge in [-0.15, -0.1) is 10.2 Å². The summed E-state index contributed by atoms with van der Waals surface area (Å²) >= 11 is 0. The van der Waals surface area contributed by atoms with Crippen LogP contribution < -0.4 is 14.2 Å². The van der Waals surface area contributed by atoms with Gasteiger partial charge in [-0.3, -0.25) is 4.57 Å². The third-order valence-electron chi connectivity index (χ3n) is 6.54. The van der Waals surface area contributed by atoms with Crippen LogP contribution in [-0.4, -0.2) is 69.2 Å². The molecule has 0 fully saturated rings. The first-order chi connectivity index (χ1) is 19.3. The van der Waals surface area contributed by atoms with E-state index in [0.29, 0.717) is 34.4 Å². The summed E-state index contributed by atoms with van der Waals surface area (Å²) in [4.78, 5) is 8.85. The molecule has 0 bridgehead atoms. The van der Waals surface area contributed by atoms with Crippen LogP contribution >= 0.6 is 0 Å². The quantitative estimate of drug-likeness (QED) is 0.269. The Balaban J connectivity index is 1.60. The van der Waals surface area contributed by atoms with Crippen molar-refractivity contribution in [1.29, 1.82) is 0 Å². The maximum atomic E-state index is 13.7. The van der Waals surface area contributed by atoms with Crippen LogP contribution in [0.4, 0.5) is 0 Å². The Kier molecular flexibility index (Phi) is 7.41. The Bertz CT molecular complexity index is 1710. The number of benzene rings is 1. The van der Waals surface area contributed by atoms with Crippen LogP contribution in [0.1, 0.15) is 24.5 Å². The molecule has 0 aliphatic heterocycles. The lowest BCUT2D eigenvalue weighted by Gasteiger charge is -2.20. The molecule has 0 aliphatic rings. The van der Waals surface area contributed by atoms with E-state index < -0.39 is 26.9 Å². The highest BCUT2D eigenvalue weighted by molar-refractivity contribution is 7.91. The van der Waals surface area contributed by atoms with Gasteiger partial charge >= 0.3 is 0 Å². The van der Waals surface area contributed by atoms with E-state index in [9.17, 15) is 13.5 Å². The molecule has 0 radical (unpaired) electrons. The van der Waals surface area contributed by atoms with Crippen molar-refractivity contribution in [2.45, 2.75) is 24.0 Å². The number of hydrogen-bond donors (Lipinski definition) is 1. The molecule has 0 unspecified atom stereocenters. The molecule has 2 atom stereocenters. The number of sulfone groups is 1. The highest BCUT2D eigenvalue weighted by Crippen LogP contribution is 2.37. The minimum absolute atomic E-state index is 0.0801. The number of para-hydroxylation sites is 1. The molecule has 13 heteroatoms. The van der Waals surface area contributed by atoms with Crippen LogP contribution in [-0.2, 0) is 15.6 Å². The SMILES string of the molecule is COc1cccc(-c2nnc(CS(=O)(=O)[C@H](C)[C@@H](O)c3cn4ccccc4n3)n2-c2c(OC)cccc2OC)n1. The summed E-state index contributed by atoms with van der Waals surface area (Å²) < 4.78 is 47.1. The highest BCUT2D eigenvalue weighted by atomic mass is 32.2. The average molecular weight is 565 g/mol. The van der Waals surface area contributed by atoms with Gasteiger partial charge in [0.25, 0.3) is 0 Å². The van der Waals surface area contributed by atoms with Crippen LogP contribution in [0.15, 0.2) is 67.0 Å². The van der Waals surface area contributed by atoms with Crippen molar-refractivity contribution in [2.75, 3.05) is 21.3 Å². The molecule has 0 spiro atoms. The van der Waals surface area contributed by atoms with Crippen molar-refractivity contribution >= 4 is 15.5 Å². The van der Waals surface area contributed by atoms with Gasteiger partial charge in [0.2, 0.25) is 5.88 Å². The zero-order chi connectivity index (χ0) is 28.4. The second-order valence-corrected chi connectivity index (χ2v) is 11.3. The number of imidazole rings is 1. The molecule has 4 aromatic heterocycles. The second-order valence-electron chi connectivity index (χ2n) is 8.94. The lowest BCUT2D eigenvalue weighted by molar-refractivity contribution is 0.171. The highest BCUT2D eigenvalue weighted by Gasteiger charge is 2.34. The lowest BCUT2D eigenvalue weighted by Crippen LogP contribution is -2.28. The number of aliphatic hydroxyl groups excluding tert-OH is 1. The molecule has 0 amide bonds. The van der Waals surface area contributed by atoms with Crippen LogP contribution in [0.5, 0.6) is 17.4 Å². The zero-order valence-corrected chi connectivity index (χ0v) is 23.1. The minimum atomic E-state index is -4.00. The molecular weight excluding hydrogens is 536 g/mol. The number of fused-ring (bicyclic) bond motifs is 1. The Morgan fingerprint density at radius 1 is 0.900 bits per heavy atom. The molecule has 5 rings (SSSR count). The first kappa shape index (κ1) is 27.1. The maximum absolute atomic E-state index is 13.7. The van der Waals surface area contributed by atoms with Gasteiger partial charge in [-0.2, -0.15) is 0 Å². The van der Waals surface area contributed by atoms with E-state index in [4.69, 9.17) is 14.2 Å². The van der Waals surface area contributed by atoms with E-state index in [1.807, 2.05) is 12.1 Å². The molecule has 0 saturated heterocycles. The Labute approximate surface area is 230 Å². The third kappa shape index (κ3) is 4.96. The molecule has 1 aromatic carbocycles. The molecule has 1 N–H and O–H groups in total. The van der Waals surface area contributed by atoms with Crippen molar-refractivity contribution in [1.82, 2.24) is 29.1 Å². The topological polar surface area (TPSA) is 143 Å². The standard InChI is InChI=1S/C27H28N6O6S/c1-17(26(34)19-15-32-14-6-5-12-22(32)28-19)40(35,36)16-23-30-31-27(18-9-7-13-24(29-18)39-4)33(23)25-20(37-2)10-8-11-21(25)38-3/h5-15,17,26,34H,16H2,1-4H3/t17-,26-/m1/s1. The normalized spacial score (nSPS) is 13.2. The molecule has 12 nitrogen and oxygen atoms in total. The average Bonchev–Trinajstić information content (AvgIpc) is 3.59. The van der Waals surface area contributed by atoms with Crippen molar-refractivity contribution in [3.8, 4) is 34.6 Å². The van der Waals surface area contributed by atoms with Crippen molar-refractivity contribution in [3.63, 3.8) is 0 Å². The summed E-state index contributed by atoms with van der Waals surface area (Å²) in [5, 5.41) is 18.4. The predicted molar refractivity (Wildman–Crippen MR) is 146 cm³/mol. The fourth-order valence-electron chi connectivity index (χ4n) is 4.36. The molecule has 208 valence electrons. The van der Waals surface area contributed by atoms with Gasteiger partial charge < -0.3 is 23.7 Å². The minimum Gasteiger partial charge on any atom is -0.494 e. The second kappa shape index (κ2) is 10.9. The summed E-state index contributed by atoms with van der Waals surface area (Å²) in [6.45, 7) is 1.44. The number of aromatic nitrogens is 6. The van der Waals surface area contributed by atoms with Crippen LogP contribution in [0.3, 0.4) is 0 Å². The first-order valence-corrected chi connectivity index (χ1v) is 14.0. The first-order valence-electron chi connectivity index (χ1n) is 12.3. The van der Waals surface area contributed by atoms with Gasteiger partial charge in [0.05, 0.1) is 32.3 Å². The summed E-state index contributed by atoms with van der Waals surface area (Å²) in [6, 6.07) is 15.7. The third-order valence-corrected chi connectivity index (χ3v) is 8.60. The number of pyridine rings is 2. The summed E-state index contributed by atoms with van der Waals surface area (Å²) in [6.07, 6.45) is 2.01. The molecule has 40 heavy (non-hydrogen) atoms. The summed E-state index contributed by atoms with van der Waals surface area (Å²) in [7, 11) is 0.487. The zero-order valence-electron chi connectivity index (χ0n) is 22.3. The number of aliphatic hydroxyl groups is 1. The number of ether oxygens (including phenoxy) is 3. The Morgan fingerprint density at radius 3 is 2.30 bits per heavy atom. The van der Waals surface area contributed by atoms with E-state index in [1.54, 1.807) is 63.8 Å². The van der Waals surface area contributed by atoms with Gasteiger partial charge in [-0.25, -0.2) is 18.4 Å². The van der Waals surface area contributed by atoms with Crippen LogP contribution in [0.25, 0.3) is 22.9 Å². The number of methoxy groups -OCH3 is 3. The van der Waals surface area contributed by atoms with Crippen LogP contribution in [0.2, 0.25) is 0 Å². The number of nitrogens with zero attached hydrogens (tertiary/aromatic N) is 6. The summed E-state index contributed by atoms with van der Waals surface area (Å²) in [5.74, 6) is 0.935. The van der Waals surface area contributed by atoms with Gasteiger partial charge in [0.15, 0.2) is 21.5 Å². The molecular formula is C27H28N6O6S. The monoisotopic (exact) mass is 564 g/mol. The van der Waals surface area contributed by atoms with Gasteiger partial charge in [-0.05, 0) is 37.3 Å². The van der Waals surface area contributed by atoms with E-state index in [2.05, 4.69) is 20.2 Å². The molecule has 0 saturated carbocycles. The van der Waals surface area contributed by atoms with Gasteiger partial charge in [0, 0.05) is 18.5 Å². The maximum Gasteiger partial charge on any atom is 0.213 e. The smallest absolute Gasteiger partial charge is 0.213 e. The lowest BCUT2D eigenvalue weighted by atomic mass is 10.2. The largest absolute Gasteiger partial charge is 0.494 e. The van der Waals surface area contributed by atoms with Crippen molar-refractivity contribution in [3.05, 3.63) is 78.5 Å². The predicted octanol–water partition coefficient (Wildman–Crippen LogP) is 3.04. The van der Waals surface area contributed by atoms with Crippen LogP contribution in [0, 0.1) is 0 Å². The Morgan fingerprint density at radius 2 is 1.62 bits per heavy atom. The fraction of sp³-hybridized carbons (Fsp3) is 0.259. The van der Waals surface area contributed by atoms with E-state index in [0.717, 1.165) is 0 Å². The molecule has 4 heterocycles. The Hall–Kier alpha value is -4.49. The van der Waals surface area contributed by atoms with Gasteiger partial charge in [0.1, 0.15) is 40.4 Å². The molecule has 5 aromatic rings. The fourth-order valence-corrected chi connectivity index (χ4v) is 5.70. The van der Waals surface area contributed by atoms with E-state index in [-0.39, 0.29) is 17.3 Å². The summed E-state index contributed by atoms with van der Waals surface area (Å²) in [5.41, 5.74) is 1.63. The van der Waals surface area contributed by atoms with Gasteiger partial charge in [-0.1, -0.05) is 18.2 Å². The molecule has 0 aliphatic carbocycles. The number of rotatable bonds is 10. The number of hydrogen-bond acceptors (Lipinski definition) is 10. The van der Waals surface area contributed by atoms with Crippen molar-refractivity contribution in [2.24, 2.45) is 0 Å². The van der Waals surface area contributed by atoms with E-state index >= 15 is 0 Å². The van der Waals surface area contributed by atoms with E-state index in [1.165, 1.54) is 28.3 Å². The van der Waals surface area contributed by atoms with Crippen molar-refractivity contribution < 1.29 is 27.7 Å².